The molecule has 1 aliphatic heterocycles. The predicted octanol–water partition coefficient (Wildman–Crippen LogP) is -0.406. The molecule has 20 heavy (non-hydrogen) atoms. The Balaban J connectivity index is 0.00000200. The van der Waals surface area contributed by atoms with Crippen LogP contribution >= 0.6 is 12.4 Å². The van der Waals surface area contributed by atoms with Crippen molar-refractivity contribution in [3.8, 4) is 0 Å². The summed E-state index contributed by atoms with van der Waals surface area (Å²) in [5.74, 6) is -0.430. The van der Waals surface area contributed by atoms with Crippen molar-refractivity contribution in [3.05, 3.63) is 0 Å². The Morgan fingerprint density at radius 2 is 2.15 bits per heavy atom. The van der Waals surface area contributed by atoms with Crippen molar-refractivity contribution in [3.63, 3.8) is 0 Å². The lowest BCUT2D eigenvalue weighted by atomic mass is 9.96. The van der Waals surface area contributed by atoms with Gasteiger partial charge in [0.05, 0.1) is 0 Å². The van der Waals surface area contributed by atoms with Gasteiger partial charge in [-0.15, -0.1) is 12.4 Å². The lowest BCUT2D eigenvalue weighted by Gasteiger charge is -2.20. The van der Waals surface area contributed by atoms with Crippen LogP contribution in [0.1, 0.15) is 26.2 Å². The van der Waals surface area contributed by atoms with Crippen LogP contribution < -0.4 is 16.4 Å². The molecule has 1 saturated heterocycles. The van der Waals surface area contributed by atoms with Gasteiger partial charge < -0.3 is 16.4 Å². The van der Waals surface area contributed by atoms with Crippen LogP contribution in [0, 0.1) is 5.92 Å². The zero-order chi connectivity index (χ0) is 14.0. The molecule has 2 aliphatic rings. The first kappa shape index (κ1) is 16.7. The van der Waals surface area contributed by atoms with Crippen LogP contribution in [0.4, 0.5) is 4.79 Å². The quantitative estimate of drug-likeness (QED) is 0.458. The molecule has 0 aromatic carbocycles. The van der Waals surface area contributed by atoms with Crippen molar-refractivity contribution < 1.29 is 14.4 Å². The first-order valence-corrected chi connectivity index (χ1v) is 6.60. The third-order valence-electron chi connectivity index (χ3n) is 3.70. The zero-order valence-electron chi connectivity index (χ0n) is 11.5. The van der Waals surface area contributed by atoms with E-state index in [0.29, 0.717) is 19.5 Å². The summed E-state index contributed by atoms with van der Waals surface area (Å²) in [4.78, 5) is 36.7. The van der Waals surface area contributed by atoms with Gasteiger partial charge >= 0.3 is 6.03 Å². The Morgan fingerprint density at radius 1 is 1.50 bits per heavy atom. The van der Waals surface area contributed by atoms with Crippen LogP contribution in [0.5, 0.6) is 0 Å². The summed E-state index contributed by atoms with van der Waals surface area (Å²) in [7, 11) is 0. The number of imide groups is 1. The molecular formula is C12H21ClN4O3. The molecule has 1 unspecified atom stereocenters. The molecular weight excluding hydrogens is 284 g/mol. The molecule has 8 heteroatoms. The first-order chi connectivity index (χ1) is 8.99. The van der Waals surface area contributed by atoms with Crippen LogP contribution in [0.3, 0.4) is 0 Å². The third kappa shape index (κ3) is 3.21. The molecule has 0 aromatic heterocycles. The SMILES string of the molecule is CC1(C2CC2)NC(=O)N(CC(=O)NCCCN)C1=O.Cl. The fraction of sp³-hybridized carbons (Fsp3) is 0.750. The van der Waals surface area contributed by atoms with E-state index < -0.39 is 11.6 Å². The monoisotopic (exact) mass is 304 g/mol. The van der Waals surface area contributed by atoms with Crippen LogP contribution in [-0.4, -0.2) is 47.9 Å². The zero-order valence-corrected chi connectivity index (χ0v) is 12.3. The van der Waals surface area contributed by atoms with Crippen LogP contribution in [0.25, 0.3) is 0 Å². The molecule has 7 nitrogen and oxygen atoms in total. The van der Waals surface area contributed by atoms with E-state index in [-0.39, 0.29) is 36.7 Å². The topological polar surface area (TPSA) is 105 Å². The highest BCUT2D eigenvalue weighted by Gasteiger charge is 2.56. The van der Waals surface area contributed by atoms with Gasteiger partial charge in [-0.1, -0.05) is 0 Å². The predicted molar refractivity (Wildman–Crippen MR) is 75.3 cm³/mol. The van der Waals surface area contributed by atoms with Crippen molar-refractivity contribution in [1.82, 2.24) is 15.5 Å². The van der Waals surface area contributed by atoms with Gasteiger partial charge in [0.2, 0.25) is 5.91 Å². The average molecular weight is 305 g/mol. The number of halogens is 1. The van der Waals surface area contributed by atoms with Gasteiger partial charge in [0, 0.05) is 6.54 Å². The van der Waals surface area contributed by atoms with E-state index in [4.69, 9.17) is 5.73 Å². The second-order valence-corrected chi connectivity index (χ2v) is 5.29. The number of hydrogen-bond acceptors (Lipinski definition) is 4. The second-order valence-electron chi connectivity index (χ2n) is 5.29. The molecule has 4 N–H and O–H groups in total. The summed E-state index contributed by atoms with van der Waals surface area (Å²) >= 11 is 0. The van der Waals surface area contributed by atoms with Gasteiger partial charge in [-0.2, -0.15) is 0 Å². The van der Waals surface area contributed by atoms with Crippen LogP contribution in [0.15, 0.2) is 0 Å². The molecule has 2 fully saturated rings. The molecule has 114 valence electrons. The first-order valence-electron chi connectivity index (χ1n) is 6.60. The Morgan fingerprint density at radius 3 is 2.70 bits per heavy atom. The number of carbonyl (C=O) groups excluding carboxylic acids is 3. The Bertz CT molecular complexity index is 414. The van der Waals surface area contributed by atoms with E-state index in [1.807, 2.05) is 0 Å². The van der Waals surface area contributed by atoms with Gasteiger partial charge in [-0.25, -0.2) is 4.79 Å². The number of carbonyl (C=O) groups is 3. The van der Waals surface area contributed by atoms with E-state index >= 15 is 0 Å². The smallest absolute Gasteiger partial charge is 0.325 e. The minimum absolute atomic E-state index is 0. The van der Waals surface area contributed by atoms with Crippen molar-refractivity contribution in [2.45, 2.75) is 31.7 Å². The van der Waals surface area contributed by atoms with Gasteiger partial charge in [0.15, 0.2) is 0 Å². The van der Waals surface area contributed by atoms with Crippen molar-refractivity contribution in [2.24, 2.45) is 11.7 Å². The van der Waals surface area contributed by atoms with Gasteiger partial charge in [-0.3, -0.25) is 14.5 Å². The van der Waals surface area contributed by atoms with E-state index in [9.17, 15) is 14.4 Å². The standard InChI is InChI=1S/C12H20N4O3.ClH/c1-12(8-3-4-8)10(18)16(11(19)15-12)7-9(17)14-6-2-5-13;/h8H,2-7,13H2,1H3,(H,14,17)(H,15,19);1H. The van der Waals surface area contributed by atoms with Crippen molar-refractivity contribution in [1.29, 1.82) is 0 Å². The number of urea groups is 1. The highest BCUT2D eigenvalue weighted by atomic mass is 35.5. The summed E-state index contributed by atoms with van der Waals surface area (Å²) in [5.41, 5.74) is 4.49. The summed E-state index contributed by atoms with van der Waals surface area (Å²) < 4.78 is 0. The molecule has 1 heterocycles. The minimum Gasteiger partial charge on any atom is -0.354 e. The third-order valence-corrected chi connectivity index (χ3v) is 3.70. The number of nitrogens with zero attached hydrogens (tertiary/aromatic N) is 1. The van der Waals surface area contributed by atoms with Gasteiger partial charge in [0.25, 0.3) is 5.91 Å². The number of nitrogens with one attached hydrogen (secondary N) is 2. The molecule has 1 saturated carbocycles. The van der Waals surface area contributed by atoms with E-state index in [0.717, 1.165) is 17.7 Å². The Hall–Kier alpha value is -1.34. The fourth-order valence-corrected chi connectivity index (χ4v) is 2.33. The second kappa shape index (κ2) is 6.41. The maximum atomic E-state index is 12.2. The minimum atomic E-state index is -0.825. The summed E-state index contributed by atoms with van der Waals surface area (Å²) in [6, 6.07) is -0.478. The molecule has 1 aliphatic carbocycles. The molecule has 1 atom stereocenters. The number of hydrogen-bond donors (Lipinski definition) is 3. The molecule has 2 rings (SSSR count). The Labute approximate surface area is 124 Å². The largest absolute Gasteiger partial charge is 0.354 e. The molecule has 0 aromatic rings. The normalized spacial score (nSPS) is 25.2. The van der Waals surface area contributed by atoms with Crippen molar-refractivity contribution in [2.75, 3.05) is 19.6 Å². The lowest BCUT2D eigenvalue weighted by molar-refractivity contribution is -0.135. The maximum absolute atomic E-state index is 12.2. The van der Waals surface area contributed by atoms with Crippen LogP contribution in [0.2, 0.25) is 0 Å². The number of rotatable bonds is 6. The lowest BCUT2D eigenvalue weighted by Crippen LogP contribution is -2.47. The summed E-state index contributed by atoms with van der Waals surface area (Å²) in [6.07, 6.45) is 2.56. The van der Waals surface area contributed by atoms with Crippen LogP contribution in [-0.2, 0) is 9.59 Å². The number of amides is 4. The molecule has 0 radical (unpaired) electrons. The van der Waals surface area contributed by atoms with E-state index in [1.54, 1.807) is 6.92 Å². The van der Waals surface area contributed by atoms with Crippen molar-refractivity contribution >= 4 is 30.3 Å². The fourth-order valence-electron chi connectivity index (χ4n) is 2.33. The molecule has 0 bridgehead atoms. The number of nitrogens with two attached hydrogens (primary N) is 1. The molecule has 4 amide bonds. The Kier molecular flexibility index (Phi) is 5.35. The van der Waals surface area contributed by atoms with E-state index in [2.05, 4.69) is 10.6 Å². The highest BCUT2D eigenvalue weighted by Crippen LogP contribution is 2.42. The summed E-state index contributed by atoms with van der Waals surface area (Å²) in [5, 5.41) is 5.33. The molecule has 0 spiro atoms. The van der Waals surface area contributed by atoms with Gasteiger partial charge in [0.1, 0.15) is 12.1 Å². The van der Waals surface area contributed by atoms with Gasteiger partial charge in [-0.05, 0) is 38.6 Å². The van der Waals surface area contributed by atoms with E-state index in [1.165, 1.54) is 0 Å². The maximum Gasteiger partial charge on any atom is 0.325 e. The highest BCUT2D eigenvalue weighted by molar-refractivity contribution is 6.09. The summed E-state index contributed by atoms with van der Waals surface area (Å²) in [6.45, 7) is 2.46. The average Bonchev–Trinajstić information content (AvgIpc) is 3.16.